The summed E-state index contributed by atoms with van der Waals surface area (Å²) in [6.07, 6.45) is 4.70. The van der Waals surface area contributed by atoms with Crippen LogP contribution in [-0.4, -0.2) is 41.6 Å². The van der Waals surface area contributed by atoms with Gasteiger partial charge in [0.05, 0.1) is 12.4 Å². The van der Waals surface area contributed by atoms with Crippen molar-refractivity contribution in [3.63, 3.8) is 0 Å². The summed E-state index contributed by atoms with van der Waals surface area (Å²) in [4.78, 5) is 12.1. The smallest absolute Gasteiger partial charge is 0.0987 e. The first-order valence-electron chi connectivity index (χ1n) is 8.26. The van der Waals surface area contributed by atoms with Crippen LogP contribution < -0.4 is 0 Å². The van der Waals surface area contributed by atoms with Crippen LogP contribution in [0, 0.1) is 0 Å². The van der Waals surface area contributed by atoms with Crippen LogP contribution in [0.1, 0.15) is 31.9 Å². The quantitative estimate of drug-likeness (QED) is 0.635. The molecule has 2 aromatic rings. The second-order valence-electron chi connectivity index (χ2n) is 5.90. The highest BCUT2D eigenvalue weighted by atomic mass is 32.2. The number of aromatic amines is 1. The molecule has 0 unspecified atom stereocenters. The Kier molecular flexibility index (Phi) is 5.08. The molecule has 1 saturated heterocycles. The van der Waals surface area contributed by atoms with E-state index in [0.717, 1.165) is 31.7 Å². The number of H-pyrrole nitrogens is 1. The van der Waals surface area contributed by atoms with Crippen molar-refractivity contribution >= 4 is 28.5 Å². The fraction of sp³-hybridized carbons (Fsp3) is 0.500. The Morgan fingerprint density at radius 1 is 1.32 bits per heavy atom. The van der Waals surface area contributed by atoms with Gasteiger partial charge in [-0.1, -0.05) is 31.5 Å². The number of hydrogen-bond donors (Lipinski definition) is 1. The average molecular weight is 315 g/mol. The molecule has 0 radical (unpaired) electrons. The van der Waals surface area contributed by atoms with Crippen LogP contribution in [0.2, 0.25) is 0 Å². The molecule has 4 heteroatoms. The topological polar surface area (TPSA) is 31.4 Å². The lowest BCUT2D eigenvalue weighted by molar-refractivity contribution is 0.548. The van der Waals surface area contributed by atoms with Crippen molar-refractivity contribution in [2.75, 3.05) is 25.9 Å². The Morgan fingerprint density at radius 3 is 2.95 bits per heavy atom. The van der Waals surface area contributed by atoms with E-state index in [9.17, 15) is 0 Å². The maximum atomic E-state index is 4.77. The molecular weight excluding hydrogens is 290 g/mol. The van der Waals surface area contributed by atoms with E-state index in [2.05, 4.69) is 48.1 Å². The highest BCUT2D eigenvalue weighted by Crippen LogP contribution is 2.32. The van der Waals surface area contributed by atoms with Crippen molar-refractivity contribution in [1.29, 1.82) is 0 Å². The van der Waals surface area contributed by atoms with E-state index in [1.54, 1.807) is 0 Å². The summed E-state index contributed by atoms with van der Waals surface area (Å²) in [7, 11) is 2.15. The number of nitrogens with zero attached hydrogens (tertiary/aromatic N) is 2. The predicted molar refractivity (Wildman–Crippen MR) is 97.2 cm³/mol. The van der Waals surface area contributed by atoms with Gasteiger partial charge in [0, 0.05) is 47.3 Å². The summed E-state index contributed by atoms with van der Waals surface area (Å²) in [5.74, 6) is 2.34. The lowest BCUT2D eigenvalue weighted by Crippen LogP contribution is -2.19. The normalized spacial score (nSPS) is 17.0. The van der Waals surface area contributed by atoms with Crippen LogP contribution >= 0.6 is 11.8 Å². The molecule has 2 heterocycles. The molecule has 1 fully saturated rings. The Labute approximate surface area is 137 Å². The van der Waals surface area contributed by atoms with Crippen LogP contribution in [-0.2, 0) is 6.42 Å². The Hall–Kier alpha value is -1.42. The van der Waals surface area contributed by atoms with E-state index in [1.807, 2.05) is 11.8 Å². The third-order valence-corrected chi connectivity index (χ3v) is 5.34. The number of aromatic nitrogens is 1. The van der Waals surface area contributed by atoms with E-state index in [4.69, 9.17) is 4.99 Å². The number of hydrogen-bond acceptors (Lipinski definition) is 2. The van der Waals surface area contributed by atoms with Crippen molar-refractivity contribution in [3.05, 3.63) is 30.0 Å². The summed E-state index contributed by atoms with van der Waals surface area (Å²) in [6.45, 7) is 4.31. The largest absolute Gasteiger partial charge is 0.363 e. The minimum atomic E-state index is 0.912. The number of fused-ring (bicyclic) bond motifs is 1. The van der Waals surface area contributed by atoms with Crippen LogP contribution in [0.15, 0.2) is 34.2 Å². The fourth-order valence-corrected chi connectivity index (χ4v) is 4.13. The van der Waals surface area contributed by atoms with Gasteiger partial charge in [-0.15, -0.1) is 11.8 Å². The third kappa shape index (κ3) is 3.32. The molecule has 0 bridgehead atoms. The summed E-state index contributed by atoms with van der Waals surface area (Å²) in [5, 5.41) is 1.36. The van der Waals surface area contributed by atoms with Crippen LogP contribution in [0.3, 0.4) is 0 Å². The summed E-state index contributed by atoms with van der Waals surface area (Å²) in [5.41, 5.74) is 2.65. The molecule has 1 aliphatic rings. The second-order valence-corrected chi connectivity index (χ2v) is 7.00. The number of aryl methyl sites for hydroxylation is 1. The second kappa shape index (κ2) is 7.23. The zero-order valence-electron chi connectivity index (χ0n) is 13.6. The molecule has 0 saturated carbocycles. The van der Waals surface area contributed by atoms with Gasteiger partial charge in [-0.25, -0.2) is 0 Å². The van der Waals surface area contributed by atoms with Crippen molar-refractivity contribution < 1.29 is 0 Å². The first-order valence-corrected chi connectivity index (χ1v) is 9.25. The van der Waals surface area contributed by atoms with Gasteiger partial charge in [0.15, 0.2) is 0 Å². The lowest BCUT2D eigenvalue weighted by Gasteiger charge is -2.10. The van der Waals surface area contributed by atoms with Crippen molar-refractivity contribution in [2.45, 2.75) is 37.5 Å². The van der Waals surface area contributed by atoms with Gasteiger partial charge in [0.2, 0.25) is 0 Å². The van der Waals surface area contributed by atoms with Gasteiger partial charge in [0.1, 0.15) is 0 Å². The van der Waals surface area contributed by atoms with Crippen LogP contribution in [0.4, 0.5) is 0 Å². The van der Waals surface area contributed by atoms with Gasteiger partial charge in [-0.2, -0.15) is 0 Å². The Morgan fingerprint density at radius 2 is 2.18 bits per heavy atom. The molecule has 22 heavy (non-hydrogen) atoms. The maximum absolute atomic E-state index is 4.77. The van der Waals surface area contributed by atoms with Gasteiger partial charge in [-0.3, -0.25) is 4.99 Å². The Bertz CT molecular complexity index is 659. The van der Waals surface area contributed by atoms with E-state index in [-0.39, 0.29) is 0 Å². The monoisotopic (exact) mass is 315 g/mol. The molecule has 0 atom stereocenters. The predicted octanol–water partition coefficient (Wildman–Crippen LogP) is 4.34. The average Bonchev–Trinajstić information content (AvgIpc) is 3.08. The van der Waals surface area contributed by atoms with E-state index in [1.165, 1.54) is 40.2 Å². The molecule has 3 nitrogen and oxygen atoms in total. The summed E-state index contributed by atoms with van der Waals surface area (Å²) >= 11 is 1.95. The number of amidine groups is 1. The van der Waals surface area contributed by atoms with Gasteiger partial charge in [-0.05, 0) is 18.9 Å². The highest BCUT2D eigenvalue weighted by molar-refractivity contribution is 7.99. The van der Waals surface area contributed by atoms with Gasteiger partial charge < -0.3 is 9.88 Å². The minimum Gasteiger partial charge on any atom is -0.363 e. The van der Waals surface area contributed by atoms with Crippen molar-refractivity contribution in [3.8, 4) is 0 Å². The number of benzene rings is 1. The van der Waals surface area contributed by atoms with E-state index >= 15 is 0 Å². The minimum absolute atomic E-state index is 0.912. The molecule has 1 aliphatic heterocycles. The Balaban J connectivity index is 1.68. The standard InChI is InChI=1S/C18H25N3S/c1-3-7-16-18(14-8-4-5-9-15(14)20-16)22-13-11-19-17-10-6-12-21(17)2/h4-5,8-9,20H,3,6-7,10-13H2,1-2H3. The third-order valence-electron chi connectivity index (χ3n) is 4.20. The molecule has 0 aliphatic carbocycles. The van der Waals surface area contributed by atoms with Crippen LogP contribution in [0.25, 0.3) is 10.9 Å². The lowest BCUT2D eigenvalue weighted by atomic mass is 10.2. The molecule has 1 N–H and O–H groups in total. The van der Waals surface area contributed by atoms with E-state index < -0.39 is 0 Å². The first kappa shape index (κ1) is 15.5. The SMILES string of the molecule is CCCc1[nH]c2ccccc2c1SCCN=C1CCCN1C. The number of thioether (sulfide) groups is 1. The molecular formula is C18H25N3S. The zero-order chi connectivity index (χ0) is 15.4. The van der Waals surface area contributed by atoms with Crippen molar-refractivity contribution in [1.82, 2.24) is 9.88 Å². The number of rotatable bonds is 6. The number of aliphatic imine (C=N–C) groups is 1. The number of likely N-dealkylation sites (tertiary alicyclic amines) is 1. The van der Waals surface area contributed by atoms with Gasteiger partial charge >= 0.3 is 0 Å². The first-order chi connectivity index (χ1) is 10.8. The summed E-state index contributed by atoms with van der Waals surface area (Å²) in [6, 6.07) is 8.63. The molecule has 0 amide bonds. The van der Waals surface area contributed by atoms with Crippen molar-refractivity contribution in [2.24, 2.45) is 4.99 Å². The summed E-state index contributed by atoms with van der Waals surface area (Å²) < 4.78 is 0. The number of para-hydroxylation sites is 1. The molecule has 3 rings (SSSR count). The molecule has 1 aromatic carbocycles. The zero-order valence-corrected chi connectivity index (χ0v) is 14.4. The highest BCUT2D eigenvalue weighted by Gasteiger charge is 2.14. The van der Waals surface area contributed by atoms with E-state index in [0.29, 0.717) is 0 Å². The molecule has 118 valence electrons. The molecule has 0 spiro atoms. The molecule has 1 aromatic heterocycles. The van der Waals surface area contributed by atoms with Gasteiger partial charge in [0.25, 0.3) is 0 Å². The fourth-order valence-electron chi connectivity index (χ4n) is 3.08. The number of nitrogens with one attached hydrogen (secondary N) is 1. The maximum Gasteiger partial charge on any atom is 0.0987 e. The van der Waals surface area contributed by atoms with Crippen LogP contribution in [0.5, 0.6) is 0 Å².